The third-order valence-corrected chi connectivity index (χ3v) is 6.87. The number of likely N-dealkylation sites (tertiary alicyclic amines) is 2. The van der Waals surface area contributed by atoms with Crippen LogP contribution in [0.3, 0.4) is 0 Å². The lowest BCUT2D eigenvalue weighted by Gasteiger charge is -2.47. The Balaban J connectivity index is 1.39. The van der Waals surface area contributed by atoms with E-state index in [0.29, 0.717) is 17.5 Å². The van der Waals surface area contributed by atoms with Crippen LogP contribution in [-0.4, -0.2) is 60.6 Å². The van der Waals surface area contributed by atoms with Gasteiger partial charge in [0.05, 0.1) is 6.61 Å². The molecule has 2 aliphatic carbocycles. The predicted octanol–water partition coefficient (Wildman–Crippen LogP) is 2.83. The van der Waals surface area contributed by atoms with Gasteiger partial charge >= 0.3 is 0 Å². The number of hydrogen-bond acceptors (Lipinski definition) is 3. The summed E-state index contributed by atoms with van der Waals surface area (Å²) in [5, 5.41) is 0. The van der Waals surface area contributed by atoms with E-state index in [1.807, 2.05) is 7.11 Å². The van der Waals surface area contributed by atoms with Crippen molar-refractivity contribution in [2.45, 2.75) is 62.9 Å². The Kier molecular flexibility index (Phi) is 4.70. The summed E-state index contributed by atoms with van der Waals surface area (Å²) in [6.45, 7) is 4.03. The lowest BCUT2D eigenvalue weighted by Crippen LogP contribution is -2.56. The van der Waals surface area contributed by atoms with Crippen molar-refractivity contribution in [2.75, 3.05) is 33.4 Å². The molecule has 1 spiro atoms. The SMILES string of the molecule is COC[C@@H]1CCC2(CCN(C(=O)C3CC=CC3)CC2)N1CC1CC1. The smallest absolute Gasteiger partial charge is 0.226 e. The van der Waals surface area contributed by atoms with Crippen molar-refractivity contribution in [3.05, 3.63) is 12.2 Å². The van der Waals surface area contributed by atoms with Crippen molar-refractivity contribution in [3.8, 4) is 0 Å². The monoisotopic (exact) mass is 332 g/mol. The van der Waals surface area contributed by atoms with Crippen molar-refractivity contribution in [1.82, 2.24) is 9.80 Å². The summed E-state index contributed by atoms with van der Waals surface area (Å²) in [5.41, 5.74) is 0.344. The second kappa shape index (κ2) is 6.80. The Morgan fingerprint density at radius 2 is 1.83 bits per heavy atom. The normalized spacial score (nSPS) is 30.5. The molecular formula is C20H32N2O2. The Morgan fingerprint density at radius 3 is 2.46 bits per heavy atom. The molecule has 4 nitrogen and oxygen atoms in total. The third-order valence-electron chi connectivity index (χ3n) is 6.87. The van der Waals surface area contributed by atoms with Crippen LogP contribution in [0, 0.1) is 11.8 Å². The van der Waals surface area contributed by atoms with Crippen LogP contribution in [0.2, 0.25) is 0 Å². The molecule has 2 saturated heterocycles. The van der Waals surface area contributed by atoms with E-state index in [0.717, 1.165) is 51.3 Å². The van der Waals surface area contributed by atoms with Gasteiger partial charge in [-0.05, 0) is 57.3 Å². The minimum absolute atomic E-state index is 0.228. The highest BCUT2D eigenvalue weighted by Gasteiger charge is 2.49. The standard InChI is InChI=1S/C20H32N2O2/c1-24-15-18-8-9-20(22(18)14-16-6-7-16)10-12-21(13-11-20)19(23)17-4-2-3-5-17/h2-3,16-18H,4-15H2,1H3/t18-/m0/s1. The van der Waals surface area contributed by atoms with Crippen molar-refractivity contribution in [2.24, 2.45) is 11.8 Å². The van der Waals surface area contributed by atoms with E-state index < -0.39 is 0 Å². The largest absolute Gasteiger partial charge is 0.383 e. The lowest BCUT2D eigenvalue weighted by atomic mass is 9.84. The average Bonchev–Trinajstić information content (AvgIpc) is 3.14. The van der Waals surface area contributed by atoms with E-state index >= 15 is 0 Å². The molecule has 4 rings (SSSR count). The van der Waals surface area contributed by atoms with Gasteiger partial charge in [-0.3, -0.25) is 9.69 Å². The van der Waals surface area contributed by atoms with E-state index in [1.165, 1.54) is 32.2 Å². The van der Waals surface area contributed by atoms with Crippen molar-refractivity contribution < 1.29 is 9.53 Å². The predicted molar refractivity (Wildman–Crippen MR) is 94.7 cm³/mol. The Morgan fingerprint density at radius 1 is 1.12 bits per heavy atom. The molecule has 0 aromatic rings. The van der Waals surface area contributed by atoms with Gasteiger partial charge in [-0.1, -0.05) is 12.2 Å². The first-order valence-corrected chi connectivity index (χ1v) is 9.91. The first-order chi connectivity index (χ1) is 11.7. The van der Waals surface area contributed by atoms with Crippen molar-refractivity contribution >= 4 is 5.91 Å². The number of allylic oxidation sites excluding steroid dienone is 2. The Hall–Kier alpha value is -0.870. The van der Waals surface area contributed by atoms with Crippen LogP contribution >= 0.6 is 0 Å². The Bertz CT molecular complexity index is 484. The van der Waals surface area contributed by atoms with E-state index in [-0.39, 0.29) is 5.92 Å². The van der Waals surface area contributed by atoms with Crippen LogP contribution < -0.4 is 0 Å². The zero-order valence-electron chi connectivity index (χ0n) is 15.1. The molecule has 0 unspecified atom stereocenters. The molecule has 4 heteroatoms. The minimum atomic E-state index is 0.228. The fourth-order valence-electron chi connectivity index (χ4n) is 5.17. The maximum absolute atomic E-state index is 12.7. The van der Waals surface area contributed by atoms with E-state index in [4.69, 9.17) is 4.74 Å². The van der Waals surface area contributed by atoms with Crippen molar-refractivity contribution in [1.29, 1.82) is 0 Å². The molecule has 0 N–H and O–H groups in total. The molecule has 0 bridgehead atoms. The fraction of sp³-hybridized carbons (Fsp3) is 0.850. The average molecular weight is 332 g/mol. The van der Waals surface area contributed by atoms with Crippen molar-refractivity contribution in [3.63, 3.8) is 0 Å². The van der Waals surface area contributed by atoms with Crippen LogP contribution in [0.25, 0.3) is 0 Å². The van der Waals surface area contributed by atoms with E-state index in [2.05, 4.69) is 22.0 Å². The molecule has 3 fully saturated rings. The number of ether oxygens (including phenoxy) is 1. The number of nitrogens with zero attached hydrogens (tertiary/aromatic N) is 2. The highest BCUT2D eigenvalue weighted by Crippen LogP contribution is 2.45. The maximum Gasteiger partial charge on any atom is 0.226 e. The number of hydrogen-bond donors (Lipinski definition) is 0. The molecule has 0 aromatic heterocycles. The molecule has 1 atom stereocenters. The summed E-state index contributed by atoms with van der Waals surface area (Å²) in [4.78, 5) is 17.6. The van der Waals surface area contributed by atoms with Gasteiger partial charge in [0.15, 0.2) is 0 Å². The number of carbonyl (C=O) groups excluding carboxylic acids is 1. The van der Waals surface area contributed by atoms with Crippen LogP contribution in [0.15, 0.2) is 12.2 Å². The molecular weight excluding hydrogens is 300 g/mol. The summed E-state index contributed by atoms with van der Waals surface area (Å²) in [5.74, 6) is 1.55. The van der Waals surface area contributed by atoms with Gasteiger partial charge in [0, 0.05) is 44.2 Å². The van der Waals surface area contributed by atoms with Gasteiger partial charge in [0.2, 0.25) is 5.91 Å². The van der Waals surface area contributed by atoms with Gasteiger partial charge in [0.1, 0.15) is 0 Å². The molecule has 0 radical (unpaired) electrons. The van der Waals surface area contributed by atoms with E-state index in [9.17, 15) is 4.79 Å². The van der Waals surface area contributed by atoms with Gasteiger partial charge in [-0.15, -0.1) is 0 Å². The summed E-state index contributed by atoms with van der Waals surface area (Å²) < 4.78 is 5.51. The van der Waals surface area contributed by atoms with Gasteiger partial charge < -0.3 is 9.64 Å². The number of rotatable bonds is 5. The first-order valence-electron chi connectivity index (χ1n) is 9.91. The molecule has 0 aromatic carbocycles. The highest BCUT2D eigenvalue weighted by molar-refractivity contribution is 5.79. The quantitative estimate of drug-likeness (QED) is 0.726. The highest BCUT2D eigenvalue weighted by atomic mass is 16.5. The minimum Gasteiger partial charge on any atom is -0.383 e. The summed E-state index contributed by atoms with van der Waals surface area (Å²) in [7, 11) is 1.83. The Labute approximate surface area is 146 Å². The summed E-state index contributed by atoms with van der Waals surface area (Å²) in [6, 6.07) is 0.594. The maximum atomic E-state index is 12.7. The lowest BCUT2D eigenvalue weighted by molar-refractivity contribution is -0.138. The fourth-order valence-corrected chi connectivity index (χ4v) is 5.17. The van der Waals surface area contributed by atoms with Gasteiger partial charge in [-0.2, -0.15) is 0 Å². The molecule has 24 heavy (non-hydrogen) atoms. The number of amides is 1. The van der Waals surface area contributed by atoms with Crippen LogP contribution in [0.1, 0.15) is 51.4 Å². The summed E-state index contributed by atoms with van der Waals surface area (Å²) >= 11 is 0. The first kappa shape index (κ1) is 16.6. The molecule has 1 saturated carbocycles. The van der Waals surface area contributed by atoms with Crippen LogP contribution in [0.4, 0.5) is 0 Å². The second-order valence-corrected chi connectivity index (χ2v) is 8.43. The number of piperidine rings is 1. The van der Waals surface area contributed by atoms with Gasteiger partial charge in [-0.25, -0.2) is 0 Å². The molecule has 2 heterocycles. The zero-order valence-corrected chi connectivity index (χ0v) is 15.1. The second-order valence-electron chi connectivity index (χ2n) is 8.43. The van der Waals surface area contributed by atoms with Gasteiger partial charge in [0.25, 0.3) is 0 Å². The third kappa shape index (κ3) is 3.15. The molecule has 1 amide bonds. The van der Waals surface area contributed by atoms with Crippen LogP contribution in [0.5, 0.6) is 0 Å². The molecule has 134 valence electrons. The topological polar surface area (TPSA) is 32.8 Å². The number of methoxy groups -OCH3 is 1. The molecule has 2 aliphatic heterocycles. The van der Waals surface area contributed by atoms with Crippen LogP contribution in [-0.2, 0) is 9.53 Å². The van der Waals surface area contributed by atoms with E-state index in [1.54, 1.807) is 0 Å². The number of carbonyl (C=O) groups is 1. The summed E-state index contributed by atoms with van der Waals surface area (Å²) in [6.07, 6.45) is 13.9. The molecule has 4 aliphatic rings. The zero-order chi connectivity index (χ0) is 16.6.